The summed E-state index contributed by atoms with van der Waals surface area (Å²) in [7, 11) is 0.174. The van der Waals surface area contributed by atoms with E-state index in [0.29, 0.717) is 6.42 Å². The smallest absolute Gasteiger partial charge is 0.427 e. The van der Waals surface area contributed by atoms with Crippen LogP contribution in [0.4, 0.5) is 0 Å². The molecule has 8 nitrogen and oxygen atoms in total. The van der Waals surface area contributed by atoms with E-state index in [4.69, 9.17) is 0 Å². The van der Waals surface area contributed by atoms with E-state index >= 15 is 0 Å². The number of amides is 2. The first-order valence-electron chi connectivity index (χ1n) is 10.8. The van der Waals surface area contributed by atoms with E-state index in [1.54, 1.807) is 37.9 Å². The Bertz CT molecular complexity index is 906. The highest BCUT2D eigenvalue weighted by Gasteiger charge is 2.42. The number of nitrogens with one attached hydrogen (secondary N) is 2. The molecule has 0 radical (unpaired) electrons. The van der Waals surface area contributed by atoms with Crippen molar-refractivity contribution >= 4 is 18.9 Å². The predicted molar refractivity (Wildman–Crippen MR) is 122 cm³/mol. The zero-order valence-corrected chi connectivity index (χ0v) is 19.4. The van der Waals surface area contributed by atoms with Gasteiger partial charge in [-0.1, -0.05) is 58.0 Å². The minimum atomic E-state index is -1.61. The number of aryl methyl sites for hydroxylation is 1. The Hall–Kier alpha value is -2.78. The first-order chi connectivity index (χ1) is 15.0. The lowest BCUT2D eigenvalue weighted by molar-refractivity contribution is -0.672. The van der Waals surface area contributed by atoms with Gasteiger partial charge in [-0.3, -0.25) is 9.59 Å². The van der Waals surface area contributed by atoms with Crippen molar-refractivity contribution in [2.75, 3.05) is 0 Å². The molecule has 172 valence electrons. The molecule has 2 rings (SSSR count). The Labute approximate surface area is 190 Å². The van der Waals surface area contributed by atoms with Crippen molar-refractivity contribution in [3.05, 3.63) is 60.2 Å². The summed E-state index contributed by atoms with van der Waals surface area (Å²) in [6, 6.07) is 8.04. The first-order valence-corrected chi connectivity index (χ1v) is 10.8. The van der Waals surface area contributed by atoms with Gasteiger partial charge in [0.15, 0.2) is 18.1 Å². The quantitative estimate of drug-likeness (QED) is 0.325. The number of carbonyl (C=O) groups excluding carboxylic acids is 2. The van der Waals surface area contributed by atoms with Crippen LogP contribution in [0.3, 0.4) is 0 Å². The fourth-order valence-electron chi connectivity index (χ4n) is 3.37. The minimum Gasteiger partial charge on any atom is -0.427 e. The number of carbonyl (C=O) groups is 2. The van der Waals surface area contributed by atoms with Crippen molar-refractivity contribution in [3.63, 3.8) is 0 Å². The maximum atomic E-state index is 13.3. The molecule has 0 aliphatic carbocycles. The normalized spacial score (nSPS) is 13.4. The van der Waals surface area contributed by atoms with Gasteiger partial charge in [-0.25, -0.2) is 9.55 Å². The summed E-state index contributed by atoms with van der Waals surface area (Å²) in [6.45, 7) is 7.40. The third-order valence-corrected chi connectivity index (χ3v) is 5.57. The average molecular weight is 441 g/mol. The lowest BCUT2D eigenvalue weighted by atomic mass is 9.55. The van der Waals surface area contributed by atoms with Gasteiger partial charge in [0.25, 0.3) is 5.91 Å². The molecule has 0 aliphatic heterocycles. The molecular formula is C23H34BN4O4+. The van der Waals surface area contributed by atoms with E-state index in [0.717, 1.165) is 5.56 Å². The van der Waals surface area contributed by atoms with Gasteiger partial charge in [-0.05, 0) is 17.9 Å². The highest BCUT2D eigenvalue weighted by molar-refractivity contribution is 6.45. The Kier molecular flexibility index (Phi) is 8.92. The third kappa shape index (κ3) is 7.14. The summed E-state index contributed by atoms with van der Waals surface area (Å²) >= 11 is 0. The summed E-state index contributed by atoms with van der Waals surface area (Å²) < 4.78 is 1.71. The van der Waals surface area contributed by atoms with Crippen LogP contribution in [0.15, 0.2) is 48.9 Å². The van der Waals surface area contributed by atoms with Crippen molar-refractivity contribution in [3.8, 4) is 0 Å². The molecule has 0 aliphatic rings. The summed E-state index contributed by atoms with van der Waals surface area (Å²) in [5.74, 6) is -0.630. The van der Waals surface area contributed by atoms with Gasteiger partial charge in [0.1, 0.15) is 13.1 Å². The van der Waals surface area contributed by atoms with E-state index in [2.05, 4.69) is 15.6 Å². The number of hydrogen-bond donors (Lipinski definition) is 4. The SMILES string of the molecule is CC(C)CC(NC(=O)C(Cc1ccccc1)NC(=O)c1c[n+](C)ccn1)C(C)(C)B(O)O. The number of nitrogens with zero attached hydrogens (tertiary/aromatic N) is 2. The zero-order chi connectivity index (χ0) is 23.9. The molecule has 0 fully saturated rings. The summed E-state index contributed by atoms with van der Waals surface area (Å²) in [5.41, 5.74) is 1.09. The van der Waals surface area contributed by atoms with E-state index < -0.39 is 30.4 Å². The van der Waals surface area contributed by atoms with Crippen LogP contribution in [0, 0.1) is 5.92 Å². The number of rotatable bonds is 10. The van der Waals surface area contributed by atoms with Gasteiger partial charge in [0, 0.05) is 17.8 Å². The molecule has 2 amide bonds. The first kappa shape index (κ1) is 25.5. The van der Waals surface area contributed by atoms with Gasteiger partial charge in [-0.15, -0.1) is 0 Å². The van der Waals surface area contributed by atoms with E-state index in [1.165, 1.54) is 6.20 Å². The second-order valence-corrected chi connectivity index (χ2v) is 9.21. The van der Waals surface area contributed by atoms with Gasteiger partial charge < -0.3 is 20.7 Å². The van der Waals surface area contributed by atoms with Crippen LogP contribution in [0.1, 0.15) is 50.2 Å². The molecule has 0 saturated carbocycles. The Morgan fingerprint density at radius 3 is 2.38 bits per heavy atom. The zero-order valence-electron chi connectivity index (χ0n) is 19.4. The van der Waals surface area contributed by atoms with E-state index in [1.807, 2.05) is 44.2 Å². The van der Waals surface area contributed by atoms with Gasteiger partial charge in [0.2, 0.25) is 5.91 Å². The maximum absolute atomic E-state index is 13.3. The summed E-state index contributed by atoms with van der Waals surface area (Å²) in [5, 5.41) is 24.6. The number of benzene rings is 1. The average Bonchev–Trinajstić information content (AvgIpc) is 2.73. The van der Waals surface area contributed by atoms with Crippen molar-refractivity contribution in [1.29, 1.82) is 0 Å². The fourth-order valence-corrected chi connectivity index (χ4v) is 3.37. The predicted octanol–water partition coefficient (Wildman–Crippen LogP) is 1.03. The monoisotopic (exact) mass is 441 g/mol. The molecular weight excluding hydrogens is 407 g/mol. The van der Waals surface area contributed by atoms with Crippen LogP contribution < -0.4 is 15.2 Å². The van der Waals surface area contributed by atoms with Gasteiger partial charge >= 0.3 is 7.12 Å². The lowest BCUT2D eigenvalue weighted by Crippen LogP contribution is -2.55. The Morgan fingerprint density at radius 1 is 1.16 bits per heavy atom. The molecule has 0 spiro atoms. The van der Waals surface area contributed by atoms with Crippen LogP contribution in [0.25, 0.3) is 0 Å². The number of hydrogen-bond acceptors (Lipinski definition) is 5. The van der Waals surface area contributed by atoms with Gasteiger partial charge in [0.05, 0.1) is 6.20 Å². The molecule has 1 aromatic heterocycles. The van der Waals surface area contributed by atoms with Crippen molar-refractivity contribution in [2.45, 2.75) is 57.9 Å². The largest absolute Gasteiger partial charge is 0.459 e. The van der Waals surface area contributed by atoms with Crippen LogP contribution in [-0.2, 0) is 18.3 Å². The molecule has 0 bridgehead atoms. The molecule has 32 heavy (non-hydrogen) atoms. The summed E-state index contributed by atoms with van der Waals surface area (Å²) in [6.07, 6.45) is 5.65. The molecule has 4 N–H and O–H groups in total. The minimum absolute atomic E-state index is 0.200. The molecule has 0 saturated heterocycles. The molecule has 2 atom stereocenters. The maximum Gasteiger partial charge on any atom is 0.459 e. The van der Waals surface area contributed by atoms with Crippen molar-refractivity contribution in [1.82, 2.24) is 15.6 Å². The highest BCUT2D eigenvalue weighted by atomic mass is 16.4. The van der Waals surface area contributed by atoms with Crippen molar-refractivity contribution < 1.29 is 24.2 Å². The van der Waals surface area contributed by atoms with Crippen LogP contribution in [-0.4, -0.2) is 46.0 Å². The summed E-state index contributed by atoms with van der Waals surface area (Å²) in [4.78, 5) is 30.2. The topological polar surface area (TPSA) is 115 Å². The van der Waals surface area contributed by atoms with Crippen LogP contribution in [0.5, 0.6) is 0 Å². The Balaban J connectivity index is 2.28. The second-order valence-electron chi connectivity index (χ2n) is 9.21. The lowest BCUT2D eigenvalue weighted by Gasteiger charge is -2.36. The van der Waals surface area contributed by atoms with Gasteiger partial charge in [-0.2, -0.15) is 0 Å². The van der Waals surface area contributed by atoms with Crippen LogP contribution >= 0.6 is 0 Å². The number of aromatic nitrogens is 2. The second kappa shape index (κ2) is 11.2. The molecule has 1 heterocycles. The third-order valence-electron chi connectivity index (χ3n) is 5.57. The molecule has 9 heteroatoms. The van der Waals surface area contributed by atoms with E-state index in [9.17, 15) is 19.6 Å². The van der Waals surface area contributed by atoms with E-state index in [-0.39, 0.29) is 23.9 Å². The molecule has 2 aromatic rings. The highest BCUT2D eigenvalue weighted by Crippen LogP contribution is 2.34. The molecule has 1 aromatic carbocycles. The molecule has 2 unspecified atom stereocenters. The fraction of sp³-hybridized carbons (Fsp3) is 0.478. The van der Waals surface area contributed by atoms with Crippen molar-refractivity contribution in [2.24, 2.45) is 13.0 Å². The standard InChI is InChI=1S/C23H33BN4O4/c1-16(2)13-20(23(3,4)24(31)32)27-21(29)18(14-17-9-7-6-8-10-17)26-22(30)19-15-28(5)12-11-25-19/h6-12,15-16,18,20,31-32H,13-14H2,1-5H3,(H-,26,27,29,30)/p+1. The van der Waals surface area contributed by atoms with Crippen LogP contribution in [0.2, 0.25) is 5.31 Å². The Morgan fingerprint density at radius 2 is 1.81 bits per heavy atom.